The van der Waals surface area contributed by atoms with Crippen LogP contribution in [0.4, 0.5) is 5.69 Å². The normalized spacial score (nSPS) is 12.1. The summed E-state index contributed by atoms with van der Waals surface area (Å²) < 4.78 is 34.0. The van der Waals surface area contributed by atoms with E-state index in [-0.39, 0.29) is 24.1 Å². The summed E-state index contributed by atoms with van der Waals surface area (Å²) >= 11 is 1.53. The van der Waals surface area contributed by atoms with Gasteiger partial charge in [0.2, 0.25) is 5.91 Å². The lowest BCUT2D eigenvalue weighted by Gasteiger charge is -2.25. The lowest BCUT2D eigenvalue weighted by atomic mass is 10.2. The molecule has 1 atom stereocenters. The first-order valence-electron chi connectivity index (χ1n) is 10.9. The highest BCUT2D eigenvalue weighted by molar-refractivity contribution is 7.98. The predicted octanol–water partition coefficient (Wildman–Crippen LogP) is 4.80. The molecule has 0 fully saturated rings. The first-order valence-corrected chi connectivity index (χ1v) is 13.6. The smallest absolute Gasteiger partial charge is 0.264 e. The number of hydrogen-bond acceptors (Lipinski definition) is 5. The summed E-state index contributed by atoms with van der Waals surface area (Å²) in [7, 11) is -3.95. The number of hydrogen-bond donors (Lipinski definition) is 1. The van der Waals surface area contributed by atoms with E-state index in [9.17, 15) is 13.2 Å². The Balaban J connectivity index is 1.76. The zero-order valence-corrected chi connectivity index (χ0v) is 21.4. The minimum Gasteiger partial charge on any atom is -0.491 e. The first kappa shape index (κ1) is 25.6. The summed E-state index contributed by atoms with van der Waals surface area (Å²) in [6.07, 6.45) is 1.93. The lowest BCUT2D eigenvalue weighted by Crippen LogP contribution is -2.45. The van der Waals surface area contributed by atoms with Gasteiger partial charge >= 0.3 is 0 Å². The fourth-order valence-electron chi connectivity index (χ4n) is 3.33. The highest BCUT2D eigenvalue weighted by atomic mass is 32.2. The molecule has 8 heteroatoms. The second kappa shape index (κ2) is 11.4. The molecule has 0 aromatic heterocycles. The minimum atomic E-state index is -3.95. The number of amides is 1. The van der Waals surface area contributed by atoms with Crippen LogP contribution < -0.4 is 14.4 Å². The maximum absolute atomic E-state index is 13.5. The molecule has 34 heavy (non-hydrogen) atoms. The van der Waals surface area contributed by atoms with E-state index in [1.54, 1.807) is 36.4 Å². The van der Waals surface area contributed by atoms with Crippen LogP contribution in [-0.2, 0) is 14.8 Å². The molecule has 0 bridgehead atoms. The molecule has 1 N–H and O–H groups in total. The fraction of sp³-hybridized carbons (Fsp3) is 0.269. The van der Waals surface area contributed by atoms with E-state index >= 15 is 0 Å². The Morgan fingerprint density at radius 1 is 1.00 bits per heavy atom. The Kier molecular flexibility index (Phi) is 8.63. The standard InChI is InChI=1S/C26H30N2O4S2/c1-19-9-11-22(12-10-19)28(34(30,31)24-15-13-23(33-4)14-16-24)17-26(29)27-21(3)18-32-25-8-6-5-7-20(25)2/h5-16,21H,17-18H2,1-4H3,(H,27,29). The van der Waals surface area contributed by atoms with Crippen molar-refractivity contribution >= 4 is 33.4 Å². The molecular weight excluding hydrogens is 468 g/mol. The number of carbonyl (C=O) groups excluding carboxylic acids is 1. The minimum absolute atomic E-state index is 0.134. The third kappa shape index (κ3) is 6.55. The average molecular weight is 499 g/mol. The highest BCUT2D eigenvalue weighted by Crippen LogP contribution is 2.26. The van der Waals surface area contributed by atoms with Crippen molar-refractivity contribution in [1.29, 1.82) is 0 Å². The van der Waals surface area contributed by atoms with Gasteiger partial charge in [-0.25, -0.2) is 8.42 Å². The SMILES string of the molecule is CSc1ccc(S(=O)(=O)N(CC(=O)NC(C)COc2ccccc2C)c2ccc(C)cc2)cc1. The number of anilines is 1. The number of rotatable bonds is 10. The Labute approximate surface area is 206 Å². The molecule has 180 valence electrons. The van der Waals surface area contributed by atoms with Crippen molar-refractivity contribution in [3.63, 3.8) is 0 Å². The van der Waals surface area contributed by atoms with Crippen molar-refractivity contribution in [3.05, 3.63) is 83.9 Å². The number of nitrogens with zero attached hydrogens (tertiary/aromatic N) is 1. The highest BCUT2D eigenvalue weighted by Gasteiger charge is 2.27. The molecule has 0 spiro atoms. The Bertz CT molecular complexity index is 1210. The van der Waals surface area contributed by atoms with E-state index in [0.717, 1.165) is 26.1 Å². The topological polar surface area (TPSA) is 75.7 Å². The number of nitrogens with one attached hydrogen (secondary N) is 1. The van der Waals surface area contributed by atoms with Gasteiger partial charge in [-0.15, -0.1) is 11.8 Å². The van der Waals surface area contributed by atoms with E-state index < -0.39 is 15.9 Å². The summed E-state index contributed by atoms with van der Waals surface area (Å²) in [5.74, 6) is 0.340. The number of aryl methyl sites for hydroxylation is 2. The van der Waals surface area contributed by atoms with Crippen LogP contribution in [-0.4, -0.2) is 39.8 Å². The van der Waals surface area contributed by atoms with Crippen LogP contribution in [0.1, 0.15) is 18.1 Å². The number of thioether (sulfide) groups is 1. The summed E-state index contributed by atoms with van der Waals surface area (Å²) in [5, 5.41) is 2.85. The van der Waals surface area contributed by atoms with E-state index in [1.807, 2.05) is 63.4 Å². The second-order valence-electron chi connectivity index (χ2n) is 8.07. The van der Waals surface area contributed by atoms with Gasteiger partial charge in [0.15, 0.2) is 0 Å². The molecule has 0 saturated carbocycles. The molecule has 0 radical (unpaired) electrons. The van der Waals surface area contributed by atoms with Crippen molar-refractivity contribution in [3.8, 4) is 5.75 Å². The predicted molar refractivity (Wildman–Crippen MR) is 138 cm³/mol. The molecular formula is C26H30N2O4S2. The molecule has 0 aliphatic heterocycles. The van der Waals surface area contributed by atoms with Crippen LogP contribution in [0.15, 0.2) is 82.6 Å². The average Bonchev–Trinajstić information content (AvgIpc) is 2.82. The van der Waals surface area contributed by atoms with Crippen molar-refractivity contribution in [2.24, 2.45) is 0 Å². The zero-order valence-electron chi connectivity index (χ0n) is 19.8. The maximum Gasteiger partial charge on any atom is 0.264 e. The zero-order chi connectivity index (χ0) is 24.7. The third-order valence-electron chi connectivity index (χ3n) is 5.25. The van der Waals surface area contributed by atoms with Crippen LogP contribution in [0.3, 0.4) is 0 Å². The van der Waals surface area contributed by atoms with Gasteiger partial charge in [-0.1, -0.05) is 35.9 Å². The van der Waals surface area contributed by atoms with E-state index in [4.69, 9.17) is 4.74 Å². The number of ether oxygens (including phenoxy) is 1. The molecule has 1 amide bonds. The van der Waals surface area contributed by atoms with Gasteiger partial charge in [0.25, 0.3) is 10.0 Å². The third-order valence-corrected chi connectivity index (χ3v) is 7.78. The Morgan fingerprint density at radius 2 is 1.65 bits per heavy atom. The molecule has 0 aliphatic carbocycles. The molecule has 3 rings (SSSR count). The molecule has 0 saturated heterocycles. The van der Waals surface area contributed by atoms with Gasteiger partial charge in [-0.05, 0) is 75.1 Å². The summed E-state index contributed by atoms with van der Waals surface area (Å²) in [5.41, 5.74) is 2.43. The largest absolute Gasteiger partial charge is 0.491 e. The molecule has 3 aromatic carbocycles. The Morgan fingerprint density at radius 3 is 2.26 bits per heavy atom. The van der Waals surface area contributed by atoms with Crippen LogP contribution in [0.2, 0.25) is 0 Å². The van der Waals surface area contributed by atoms with Crippen LogP contribution in [0.5, 0.6) is 5.75 Å². The number of benzene rings is 3. The van der Waals surface area contributed by atoms with E-state index in [2.05, 4.69) is 5.32 Å². The molecule has 3 aromatic rings. The van der Waals surface area contributed by atoms with Crippen molar-refractivity contribution in [2.75, 3.05) is 23.7 Å². The number of carbonyl (C=O) groups is 1. The van der Waals surface area contributed by atoms with Gasteiger partial charge < -0.3 is 10.1 Å². The summed E-state index contributed by atoms with van der Waals surface area (Å²) in [6, 6.07) is 21.1. The lowest BCUT2D eigenvalue weighted by molar-refractivity contribution is -0.120. The van der Waals surface area contributed by atoms with Crippen LogP contribution in [0, 0.1) is 13.8 Å². The number of sulfonamides is 1. The first-order chi connectivity index (χ1) is 16.2. The Hall–Kier alpha value is -2.97. The van der Waals surface area contributed by atoms with Crippen molar-refractivity contribution < 1.29 is 17.9 Å². The van der Waals surface area contributed by atoms with Crippen molar-refractivity contribution in [2.45, 2.75) is 36.6 Å². The van der Waals surface area contributed by atoms with Gasteiger partial charge in [0.1, 0.15) is 18.9 Å². The number of para-hydroxylation sites is 1. The van der Waals surface area contributed by atoms with Gasteiger partial charge in [0, 0.05) is 4.90 Å². The monoisotopic (exact) mass is 498 g/mol. The molecule has 1 unspecified atom stereocenters. The molecule has 0 heterocycles. The second-order valence-corrected chi connectivity index (χ2v) is 10.8. The van der Waals surface area contributed by atoms with E-state index in [1.165, 1.54) is 11.8 Å². The summed E-state index contributed by atoms with van der Waals surface area (Å²) in [4.78, 5) is 14.0. The van der Waals surface area contributed by atoms with Gasteiger partial charge in [-0.2, -0.15) is 0 Å². The van der Waals surface area contributed by atoms with Gasteiger partial charge in [0.05, 0.1) is 16.6 Å². The fourth-order valence-corrected chi connectivity index (χ4v) is 5.16. The van der Waals surface area contributed by atoms with E-state index in [0.29, 0.717) is 5.69 Å². The molecule has 6 nitrogen and oxygen atoms in total. The van der Waals surface area contributed by atoms with Crippen LogP contribution in [0.25, 0.3) is 0 Å². The quantitative estimate of drug-likeness (QED) is 0.406. The van der Waals surface area contributed by atoms with Crippen LogP contribution >= 0.6 is 11.8 Å². The van der Waals surface area contributed by atoms with Gasteiger partial charge in [-0.3, -0.25) is 9.10 Å². The maximum atomic E-state index is 13.5. The molecule has 0 aliphatic rings. The summed E-state index contributed by atoms with van der Waals surface area (Å²) in [6.45, 7) is 5.62. The van der Waals surface area contributed by atoms with Crippen molar-refractivity contribution in [1.82, 2.24) is 5.32 Å².